The lowest BCUT2D eigenvalue weighted by molar-refractivity contribution is 0.415. The molecule has 27 heavy (non-hydrogen) atoms. The molecule has 0 aliphatic rings. The summed E-state index contributed by atoms with van der Waals surface area (Å²) in [6.07, 6.45) is 1.89. The predicted molar refractivity (Wildman–Crippen MR) is 110 cm³/mol. The molecule has 0 amide bonds. The highest BCUT2D eigenvalue weighted by molar-refractivity contribution is 7.09. The molecule has 0 saturated carbocycles. The van der Waals surface area contributed by atoms with Crippen molar-refractivity contribution in [3.05, 3.63) is 64.2 Å². The third-order valence-corrected chi connectivity index (χ3v) is 5.52. The first-order valence-corrected chi connectivity index (χ1v) is 9.78. The van der Waals surface area contributed by atoms with E-state index >= 15 is 0 Å². The van der Waals surface area contributed by atoms with Gasteiger partial charge in [0.2, 0.25) is 0 Å². The Kier molecular flexibility index (Phi) is 4.92. The zero-order chi connectivity index (χ0) is 18.8. The van der Waals surface area contributed by atoms with E-state index in [2.05, 4.69) is 57.1 Å². The molecule has 2 aromatic carbocycles. The standard InChI is InChI=1S/C21H22N4OS/c1-13(20-12-27-14(2)24-20)22-10-18-11-23-25-21(18)17-5-4-16-9-19(26-3)7-6-15(16)8-17/h4-9,11-13,22H,10H2,1-3H3,(H,23,25). The van der Waals surface area contributed by atoms with E-state index < -0.39 is 0 Å². The maximum atomic E-state index is 5.31. The summed E-state index contributed by atoms with van der Waals surface area (Å²) in [6, 6.07) is 12.7. The van der Waals surface area contributed by atoms with Gasteiger partial charge in [-0.15, -0.1) is 11.3 Å². The Morgan fingerprint density at radius 3 is 2.78 bits per heavy atom. The van der Waals surface area contributed by atoms with Crippen LogP contribution in [0.3, 0.4) is 0 Å². The zero-order valence-electron chi connectivity index (χ0n) is 15.6. The van der Waals surface area contributed by atoms with Crippen molar-refractivity contribution < 1.29 is 4.74 Å². The number of nitrogens with zero attached hydrogens (tertiary/aromatic N) is 2. The van der Waals surface area contributed by atoms with Gasteiger partial charge in [0.05, 0.1) is 29.7 Å². The normalized spacial score (nSPS) is 12.4. The van der Waals surface area contributed by atoms with Gasteiger partial charge in [-0.2, -0.15) is 5.10 Å². The number of rotatable bonds is 6. The second kappa shape index (κ2) is 7.50. The van der Waals surface area contributed by atoms with E-state index in [4.69, 9.17) is 4.74 Å². The maximum Gasteiger partial charge on any atom is 0.119 e. The van der Waals surface area contributed by atoms with Crippen molar-refractivity contribution in [2.75, 3.05) is 7.11 Å². The molecular weight excluding hydrogens is 356 g/mol. The van der Waals surface area contributed by atoms with E-state index in [0.717, 1.165) is 45.2 Å². The van der Waals surface area contributed by atoms with Crippen molar-refractivity contribution in [1.29, 1.82) is 0 Å². The predicted octanol–water partition coefficient (Wildman–Crippen LogP) is 4.85. The Morgan fingerprint density at radius 2 is 2.00 bits per heavy atom. The molecule has 2 aromatic heterocycles. The fourth-order valence-corrected chi connectivity index (χ4v) is 3.85. The summed E-state index contributed by atoms with van der Waals surface area (Å²) in [5.41, 5.74) is 4.39. The van der Waals surface area contributed by atoms with Crippen LogP contribution < -0.4 is 10.1 Å². The van der Waals surface area contributed by atoms with Crippen LogP contribution in [0.4, 0.5) is 0 Å². The first kappa shape index (κ1) is 17.7. The average Bonchev–Trinajstić information content (AvgIpc) is 3.34. The van der Waals surface area contributed by atoms with Crippen LogP contribution in [0.5, 0.6) is 5.75 Å². The highest BCUT2D eigenvalue weighted by Gasteiger charge is 2.12. The van der Waals surface area contributed by atoms with Gasteiger partial charge in [0.15, 0.2) is 0 Å². The van der Waals surface area contributed by atoms with Crippen LogP contribution in [0.1, 0.15) is 29.2 Å². The molecule has 138 valence electrons. The molecule has 1 unspecified atom stereocenters. The van der Waals surface area contributed by atoms with Crippen molar-refractivity contribution >= 4 is 22.1 Å². The molecule has 0 aliphatic heterocycles. The van der Waals surface area contributed by atoms with Crippen molar-refractivity contribution in [2.45, 2.75) is 26.4 Å². The number of H-pyrrole nitrogens is 1. The van der Waals surface area contributed by atoms with Gasteiger partial charge in [0.1, 0.15) is 5.75 Å². The molecular formula is C21H22N4OS. The summed E-state index contributed by atoms with van der Waals surface area (Å²) in [6.45, 7) is 4.90. The summed E-state index contributed by atoms with van der Waals surface area (Å²) in [5.74, 6) is 0.868. The van der Waals surface area contributed by atoms with Gasteiger partial charge < -0.3 is 10.1 Å². The van der Waals surface area contributed by atoms with Crippen LogP contribution in [0.15, 0.2) is 48.0 Å². The molecule has 4 aromatic rings. The lowest BCUT2D eigenvalue weighted by Gasteiger charge is -2.12. The van der Waals surface area contributed by atoms with Gasteiger partial charge in [-0.05, 0) is 42.8 Å². The molecule has 2 heterocycles. The van der Waals surface area contributed by atoms with E-state index in [-0.39, 0.29) is 6.04 Å². The Morgan fingerprint density at radius 1 is 1.19 bits per heavy atom. The second-order valence-corrected chi connectivity index (χ2v) is 7.65. The number of nitrogens with one attached hydrogen (secondary N) is 2. The van der Waals surface area contributed by atoms with Gasteiger partial charge in [-0.25, -0.2) is 4.98 Å². The highest BCUT2D eigenvalue weighted by Crippen LogP contribution is 2.28. The Labute approximate surface area is 162 Å². The maximum absolute atomic E-state index is 5.31. The molecule has 0 radical (unpaired) electrons. The summed E-state index contributed by atoms with van der Waals surface area (Å²) in [4.78, 5) is 4.56. The van der Waals surface area contributed by atoms with Crippen molar-refractivity contribution in [2.24, 2.45) is 0 Å². The molecule has 4 rings (SSSR count). The fourth-order valence-electron chi connectivity index (χ4n) is 3.15. The van der Waals surface area contributed by atoms with Gasteiger partial charge in [0, 0.05) is 29.1 Å². The first-order valence-electron chi connectivity index (χ1n) is 8.90. The number of aromatic amines is 1. The lowest BCUT2D eigenvalue weighted by Crippen LogP contribution is -2.18. The molecule has 0 saturated heterocycles. The quantitative estimate of drug-likeness (QED) is 0.503. The largest absolute Gasteiger partial charge is 0.497 e. The number of benzene rings is 2. The van der Waals surface area contributed by atoms with Crippen molar-refractivity contribution in [1.82, 2.24) is 20.5 Å². The number of hydrogen-bond acceptors (Lipinski definition) is 5. The van der Waals surface area contributed by atoms with Gasteiger partial charge in [-0.3, -0.25) is 5.10 Å². The van der Waals surface area contributed by atoms with E-state index in [1.807, 2.05) is 25.3 Å². The fraction of sp³-hybridized carbons (Fsp3) is 0.238. The molecule has 0 aliphatic carbocycles. The number of ether oxygens (including phenoxy) is 1. The Balaban J connectivity index is 1.55. The van der Waals surface area contributed by atoms with Crippen LogP contribution in [0.2, 0.25) is 0 Å². The van der Waals surface area contributed by atoms with Gasteiger partial charge in [-0.1, -0.05) is 18.2 Å². The number of aromatic nitrogens is 3. The summed E-state index contributed by atoms with van der Waals surface area (Å²) >= 11 is 1.68. The topological polar surface area (TPSA) is 62.8 Å². The second-order valence-electron chi connectivity index (χ2n) is 6.59. The van der Waals surface area contributed by atoms with Crippen LogP contribution in [0.25, 0.3) is 22.0 Å². The minimum absolute atomic E-state index is 0.196. The van der Waals surface area contributed by atoms with Crippen molar-refractivity contribution in [3.63, 3.8) is 0 Å². The first-order chi connectivity index (χ1) is 13.1. The van der Waals surface area contributed by atoms with Crippen LogP contribution in [0, 0.1) is 6.92 Å². The van der Waals surface area contributed by atoms with Gasteiger partial charge in [0.25, 0.3) is 0 Å². The molecule has 5 nitrogen and oxygen atoms in total. The van der Waals surface area contributed by atoms with Crippen LogP contribution >= 0.6 is 11.3 Å². The van der Waals surface area contributed by atoms with Crippen molar-refractivity contribution in [3.8, 4) is 17.0 Å². The number of methoxy groups -OCH3 is 1. The van der Waals surface area contributed by atoms with E-state index in [9.17, 15) is 0 Å². The Hall–Kier alpha value is -2.70. The highest BCUT2D eigenvalue weighted by atomic mass is 32.1. The van der Waals surface area contributed by atoms with E-state index in [0.29, 0.717) is 0 Å². The number of hydrogen-bond donors (Lipinski definition) is 2. The monoisotopic (exact) mass is 378 g/mol. The summed E-state index contributed by atoms with van der Waals surface area (Å²) in [7, 11) is 1.69. The number of thiazole rings is 1. The third-order valence-electron chi connectivity index (χ3n) is 4.73. The smallest absolute Gasteiger partial charge is 0.119 e. The number of aryl methyl sites for hydroxylation is 1. The minimum atomic E-state index is 0.196. The average molecular weight is 379 g/mol. The minimum Gasteiger partial charge on any atom is -0.497 e. The van der Waals surface area contributed by atoms with Gasteiger partial charge >= 0.3 is 0 Å². The molecule has 6 heteroatoms. The van der Waals surface area contributed by atoms with Crippen LogP contribution in [-0.4, -0.2) is 22.3 Å². The molecule has 1 atom stereocenters. The SMILES string of the molecule is COc1ccc2cc(-c3[nH]ncc3CNC(C)c3csc(C)n3)ccc2c1. The third kappa shape index (κ3) is 3.72. The Bertz CT molecular complexity index is 1070. The summed E-state index contributed by atoms with van der Waals surface area (Å²) in [5, 5.41) is 16.5. The summed E-state index contributed by atoms with van der Waals surface area (Å²) < 4.78 is 5.31. The van der Waals surface area contributed by atoms with Crippen LogP contribution in [-0.2, 0) is 6.54 Å². The molecule has 0 fully saturated rings. The molecule has 2 N–H and O–H groups in total. The molecule has 0 spiro atoms. The van der Waals surface area contributed by atoms with E-state index in [1.54, 1.807) is 18.4 Å². The number of fused-ring (bicyclic) bond motifs is 1. The lowest BCUT2D eigenvalue weighted by atomic mass is 10.0. The zero-order valence-corrected chi connectivity index (χ0v) is 16.4. The molecule has 0 bridgehead atoms. The van der Waals surface area contributed by atoms with E-state index in [1.165, 1.54) is 5.39 Å².